The molecule has 70 valence electrons. The maximum absolute atomic E-state index is 6.02. The SMILES string of the molecule is Clc1cncc(Cl)c1N1CCCC1. The fourth-order valence-corrected chi connectivity index (χ4v) is 2.25. The molecule has 0 bridgehead atoms. The molecule has 0 saturated carbocycles. The van der Waals surface area contributed by atoms with Crippen LogP contribution in [0, 0.1) is 0 Å². The van der Waals surface area contributed by atoms with E-state index in [2.05, 4.69) is 9.88 Å². The molecule has 1 aliphatic rings. The first kappa shape index (κ1) is 9.10. The summed E-state index contributed by atoms with van der Waals surface area (Å²) in [5.41, 5.74) is 0.941. The first-order chi connectivity index (χ1) is 6.29. The van der Waals surface area contributed by atoms with Gasteiger partial charge >= 0.3 is 0 Å². The molecule has 13 heavy (non-hydrogen) atoms. The number of aromatic nitrogens is 1. The lowest BCUT2D eigenvalue weighted by Gasteiger charge is -2.19. The van der Waals surface area contributed by atoms with Crippen LogP contribution in [-0.2, 0) is 0 Å². The Bertz CT molecular complexity index is 288. The lowest BCUT2D eigenvalue weighted by atomic mass is 10.3. The van der Waals surface area contributed by atoms with Crippen molar-refractivity contribution in [1.29, 1.82) is 0 Å². The molecule has 0 radical (unpaired) electrons. The van der Waals surface area contributed by atoms with Crippen molar-refractivity contribution in [2.45, 2.75) is 12.8 Å². The van der Waals surface area contributed by atoms with Crippen molar-refractivity contribution in [3.05, 3.63) is 22.4 Å². The van der Waals surface area contributed by atoms with Crippen molar-refractivity contribution in [1.82, 2.24) is 4.98 Å². The van der Waals surface area contributed by atoms with Crippen LogP contribution in [0.25, 0.3) is 0 Å². The number of nitrogens with zero attached hydrogens (tertiary/aromatic N) is 2. The van der Waals surface area contributed by atoms with Crippen LogP contribution in [0.15, 0.2) is 12.4 Å². The second-order valence-electron chi connectivity index (χ2n) is 3.15. The highest BCUT2D eigenvalue weighted by Crippen LogP contribution is 2.34. The predicted octanol–water partition coefficient (Wildman–Crippen LogP) is 2.99. The van der Waals surface area contributed by atoms with E-state index in [4.69, 9.17) is 23.2 Å². The van der Waals surface area contributed by atoms with Gasteiger partial charge in [0.1, 0.15) is 0 Å². The molecule has 4 heteroatoms. The van der Waals surface area contributed by atoms with Gasteiger partial charge in [0.25, 0.3) is 0 Å². The Kier molecular flexibility index (Phi) is 2.61. The van der Waals surface area contributed by atoms with E-state index in [0.717, 1.165) is 18.8 Å². The minimum atomic E-state index is 0.648. The summed E-state index contributed by atoms with van der Waals surface area (Å²) in [7, 11) is 0. The molecule has 0 N–H and O–H groups in total. The Balaban J connectivity index is 2.37. The average molecular weight is 217 g/mol. The molecule has 2 rings (SSSR count). The smallest absolute Gasteiger partial charge is 0.0838 e. The van der Waals surface area contributed by atoms with E-state index < -0.39 is 0 Å². The van der Waals surface area contributed by atoms with Crippen LogP contribution < -0.4 is 4.90 Å². The zero-order valence-electron chi connectivity index (χ0n) is 7.13. The summed E-state index contributed by atoms with van der Waals surface area (Å²) in [5.74, 6) is 0. The second kappa shape index (κ2) is 3.72. The number of rotatable bonds is 1. The highest BCUT2D eigenvalue weighted by Gasteiger charge is 2.17. The van der Waals surface area contributed by atoms with Crippen molar-refractivity contribution in [2.24, 2.45) is 0 Å². The lowest BCUT2D eigenvalue weighted by molar-refractivity contribution is 0.949. The number of pyridine rings is 1. The van der Waals surface area contributed by atoms with Gasteiger partial charge in [-0.05, 0) is 12.8 Å². The second-order valence-corrected chi connectivity index (χ2v) is 3.96. The molecule has 1 aliphatic heterocycles. The van der Waals surface area contributed by atoms with Crippen LogP contribution in [0.3, 0.4) is 0 Å². The monoisotopic (exact) mass is 216 g/mol. The van der Waals surface area contributed by atoms with Gasteiger partial charge in [-0.1, -0.05) is 23.2 Å². The van der Waals surface area contributed by atoms with Crippen molar-refractivity contribution in [3.8, 4) is 0 Å². The summed E-state index contributed by atoms with van der Waals surface area (Å²) in [6.07, 6.45) is 5.71. The molecular formula is C9H10Cl2N2. The topological polar surface area (TPSA) is 16.1 Å². The fourth-order valence-electron chi connectivity index (χ4n) is 1.65. The summed E-state index contributed by atoms with van der Waals surface area (Å²) in [4.78, 5) is 6.14. The fraction of sp³-hybridized carbons (Fsp3) is 0.444. The van der Waals surface area contributed by atoms with Gasteiger partial charge in [-0.15, -0.1) is 0 Å². The van der Waals surface area contributed by atoms with Gasteiger partial charge in [0.05, 0.1) is 15.7 Å². The zero-order valence-corrected chi connectivity index (χ0v) is 8.65. The maximum Gasteiger partial charge on any atom is 0.0838 e. The van der Waals surface area contributed by atoms with Crippen LogP contribution in [0.1, 0.15) is 12.8 Å². The molecule has 1 aromatic heterocycles. The Morgan fingerprint density at radius 1 is 1.08 bits per heavy atom. The molecule has 0 spiro atoms. The number of hydrogen-bond acceptors (Lipinski definition) is 2. The minimum Gasteiger partial charge on any atom is -0.369 e. The maximum atomic E-state index is 6.02. The molecular weight excluding hydrogens is 207 g/mol. The molecule has 2 heterocycles. The predicted molar refractivity (Wildman–Crippen MR) is 55.7 cm³/mol. The summed E-state index contributed by atoms with van der Waals surface area (Å²) >= 11 is 12.0. The van der Waals surface area contributed by atoms with E-state index in [1.807, 2.05) is 0 Å². The molecule has 1 fully saturated rings. The van der Waals surface area contributed by atoms with E-state index >= 15 is 0 Å². The summed E-state index contributed by atoms with van der Waals surface area (Å²) in [6.45, 7) is 2.09. The Hall–Kier alpha value is -0.470. The van der Waals surface area contributed by atoms with Crippen molar-refractivity contribution in [2.75, 3.05) is 18.0 Å². The van der Waals surface area contributed by atoms with Crippen molar-refractivity contribution < 1.29 is 0 Å². The first-order valence-corrected chi connectivity index (χ1v) is 5.08. The molecule has 0 aromatic carbocycles. The normalized spacial score (nSPS) is 16.6. The number of hydrogen-bond donors (Lipinski definition) is 0. The molecule has 0 atom stereocenters. The van der Waals surface area contributed by atoms with Crippen LogP contribution in [-0.4, -0.2) is 18.1 Å². The summed E-state index contributed by atoms with van der Waals surface area (Å²) < 4.78 is 0. The van der Waals surface area contributed by atoms with Crippen LogP contribution >= 0.6 is 23.2 Å². The highest BCUT2D eigenvalue weighted by molar-refractivity contribution is 6.38. The zero-order chi connectivity index (χ0) is 9.26. The average Bonchev–Trinajstić information content (AvgIpc) is 2.57. The van der Waals surface area contributed by atoms with E-state index in [0.29, 0.717) is 10.0 Å². The van der Waals surface area contributed by atoms with Gasteiger partial charge in [0.15, 0.2) is 0 Å². The third-order valence-electron chi connectivity index (χ3n) is 2.25. The van der Waals surface area contributed by atoms with E-state index in [9.17, 15) is 0 Å². The molecule has 1 saturated heterocycles. The van der Waals surface area contributed by atoms with Gasteiger partial charge in [0, 0.05) is 25.5 Å². The standard InChI is InChI=1S/C9H10Cl2N2/c10-7-5-12-6-8(11)9(7)13-3-1-2-4-13/h5-6H,1-4H2. The van der Waals surface area contributed by atoms with Crippen LogP contribution in [0.5, 0.6) is 0 Å². The Morgan fingerprint density at radius 2 is 1.62 bits per heavy atom. The van der Waals surface area contributed by atoms with Crippen molar-refractivity contribution >= 4 is 28.9 Å². The first-order valence-electron chi connectivity index (χ1n) is 4.33. The minimum absolute atomic E-state index is 0.648. The van der Waals surface area contributed by atoms with E-state index in [1.165, 1.54) is 12.8 Å². The quantitative estimate of drug-likeness (QED) is 0.718. The molecule has 2 nitrogen and oxygen atoms in total. The Morgan fingerprint density at radius 3 is 2.15 bits per heavy atom. The Labute approximate surface area is 87.5 Å². The third kappa shape index (κ3) is 1.74. The molecule has 0 unspecified atom stereocenters. The summed E-state index contributed by atoms with van der Waals surface area (Å²) in [5, 5.41) is 1.30. The highest BCUT2D eigenvalue weighted by atomic mass is 35.5. The van der Waals surface area contributed by atoms with Crippen molar-refractivity contribution in [3.63, 3.8) is 0 Å². The van der Waals surface area contributed by atoms with E-state index in [-0.39, 0.29) is 0 Å². The third-order valence-corrected chi connectivity index (χ3v) is 2.80. The van der Waals surface area contributed by atoms with Gasteiger partial charge in [-0.2, -0.15) is 0 Å². The number of halogens is 2. The van der Waals surface area contributed by atoms with Gasteiger partial charge < -0.3 is 4.90 Å². The lowest BCUT2D eigenvalue weighted by Crippen LogP contribution is -2.18. The molecule has 0 aliphatic carbocycles. The molecule has 1 aromatic rings. The summed E-state index contributed by atoms with van der Waals surface area (Å²) in [6, 6.07) is 0. The van der Waals surface area contributed by atoms with Crippen LogP contribution in [0.4, 0.5) is 5.69 Å². The van der Waals surface area contributed by atoms with Crippen LogP contribution in [0.2, 0.25) is 10.0 Å². The largest absolute Gasteiger partial charge is 0.369 e. The van der Waals surface area contributed by atoms with Gasteiger partial charge in [-0.25, -0.2) is 0 Å². The molecule has 0 amide bonds. The van der Waals surface area contributed by atoms with Gasteiger partial charge in [-0.3, -0.25) is 4.98 Å². The van der Waals surface area contributed by atoms with Gasteiger partial charge in [0.2, 0.25) is 0 Å². The van der Waals surface area contributed by atoms with E-state index in [1.54, 1.807) is 12.4 Å². The number of anilines is 1.